The van der Waals surface area contributed by atoms with Gasteiger partial charge in [0.2, 0.25) is 0 Å². The van der Waals surface area contributed by atoms with Crippen LogP contribution in [0, 0.1) is 6.92 Å². The van der Waals surface area contributed by atoms with Gasteiger partial charge in [-0.3, -0.25) is 0 Å². The fourth-order valence-corrected chi connectivity index (χ4v) is 3.20. The van der Waals surface area contributed by atoms with Crippen molar-refractivity contribution in [2.24, 2.45) is 0 Å². The highest BCUT2D eigenvalue weighted by Gasteiger charge is 2.24. The van der Waals surface area contributed by atoms with Gasteiger partial charge in [0, 0.05) is 32.7 Å². The summed E-state index contributed by atoms with van der Waals surface area (Å²) >= 11 is 0. The Morgan fingerprint density at radius 1 is 1.29 bits per heavy atom. The minimum Gasteiger partial charge on any atom is -0.314 e. The second-order valence-corrected chi connectivity index (χ2v) is 5.49. The Bertz CT molecular complexity index is 394. The third kappa shape index (κ3) is 2.38. The predicted molar refractivity (Wildman–Crippen MR) is 71.6 cm³/mol. The van der Waals surface area contributed by atoms with Crippen molar-refractivity contribution in [2.75, 3.05) is 32.7 Å². The van der Waals surface area contributed by atoms with Gasteiger partial charge in [-0.25, -0.2) is 0 Å². The van der Waals surface area contributed by atoms with E-state index in [1.807, 2.05) is 0 Å². The monoisotopic (exact) mass is 230 g/mol. The highest BCUT2D eigenvalue weighted by Crippen LogP contribution is 2.34. The Morgan fingerprint density at radius 2 is 2.12 bits per heavy atom. The number of piperazine rings is 1. The van der Waals surface area contributed by atoms with Crippen LogP contribution in [-0.2, 0) is 6.42 Å². The Hall–Kier alpha value is -0.860. The summed E-state index contributed by atoms with van der Waals surface area (Å²) in [6.07, 6.45) is 2.63. The Morgan fingerprint density at radius 3 is 2.94 bits per heavy atom. The summed E-state index contributed by atoms with van der Waals surface area (Å²) in [5, 5.41) is 3.43. The number of aryl methyl sites for hydroxylation is 2. The van der Waals surface area contributed by atoms with Crippen LogP contribution in [-0.4, -0.2) is 37.6 Å². The van der Waals surface area contributed by atoms with Gasteiger partial charge in [0.25, 0.3) is 0 Å². The van der Waals surface area contributed by atoms with Crippen molar-refractivity contribution < 1.29 is 0 Å². The van der Waals surface area contributed by atoms with Crippen LogP contribution in [0.25, 0.3) is 0 Å². The van der Waals surface area contributed by atoms with Crippen LogP contribution in [0.2, 0.25) is 0 Å². The molecule has 1 aliphatic carbocycles. The molecule has 1 saturated heterocycles. The van der Waals surface area contributed by atoms with Crippen molar-refractivity contribution >= 4 is 0 Å². The molecule has 1 aromatic rings. The first-order chi connectivity index (χ1) is 8.33. The lowest BCUT2D eigenvalue weighted by Gasteiger charge is -2.29. The van der Waals surface area contributed by atoms with Crippen molar-refractivity contribution in [3.05, 3.63) is 34.9 Å². The van der Waals surface area contributed by atoms with Gasteiger partial charge < -0.3 is 10.2 Å². The molecule has 1 atom stereocenters. The molecule has 0 bridgehead atoms. The van der Waals surface area contributed by atoms with Crippen molar-refractivity contribution in [3.63, 3.8) is 0 Å². The van der Waals surface area contributed by atoms with Gasteiger partial charge in [-0.2, -0.15) is 0 Å². The normalized spacial score (nSPS) is 24.9. The summed E-state index contributed by atoms with van der Waals surface area (Å²) < 4.78 is 0. The fraction of sp³-hybridized carbons (Fsp3) is 0.600. The van der Waals surface area contributed by atoms with E-state index in [0.717, 1.165) is 19.0 Å². The molecule has 92 valence electrons. The summed E-state index contributed by atoms with van der Waals surface area (Å²) in [7, 11) is 0. The lowest BCUT2D eigenvalue weighted by Crippen LogP contribution is -2.44. The van der Waals surface area contributed by atoms with Gasteiger partial charge in [-0.05, 0) is 36.8 Å². The van der Waals surface area contributed by atoms with E-state index in [9.17, 15) is 0 Å². The first-order valence-corrected chi connectivity index (χ1v) is 6.85. The Labute approximate surface area is 104 Å². The molecule has 3 rings (SSSR count). The molecular weight excluding hydrogens is 208 g/mol. The van der Waals surface area contributed by atoms with Crippen LogP contribution in [0.5, 0.6) is 0 Å². The minimum absolute atomic E-state index is 0.781. The molecule has 2 aliphatic rings. The number of benzene rings is 1. The van der Waals surface area contributed by atoms with E-state index in [-0.39, 0.29) is 0 Å². The summed E-state index contributed by atoms with van der Waals surface area (Å²) in [5.41, 5.74) is 4.63. The number of fused-ring (bicyclic) bond motifs is 1. The molecular formula is C15H22N2. The molecule has 1 aromatic carbocycles. The molecule has 0 radical (unpaired) electrons. The molecule has 1 aliphatic heterocycles. The van der Waals surface area contributed by atoms with Crippen molar-refractivity contribution in [1.82, 2.24) is 10.2 Å². The number of hydrogen-bond acceptors (Lipinski definition) is 2. The number of nitrogens with one attached hydrogen (secondary N) is 1. The summed E-state index contributed by atoms with van der Waals surface area (Å²) in [6, 6.07) is 7.00. The number of nitrogens with zero attached hydrogens (tertiary/aromatic N) is 1. The largest absolute Gasteiger partial charge is 0.314 e. The van der Waals surface area contributed by atoms with Gasteiger partial charge in [-0.15, -0.1) is 0 Å². The van der Waals surface area contributed by atoms with Crippen LogP contribution in [0.1, 0.15) is 29.0 Å². The summed E-state index contributed by atoms with van der Waals surface area (Å²) in [5.74, 6) is 0.781. The van der Waals surface area contributed by atoms with Crippen LogP contribution >= 0.6 is 0 Å². The molecule has 17 heavy (non-hydrogen) atoms. The van der Waals surface area contributed by atoms with E-state index in [0.29, 0.717) is 0 Å². The van der Waals surface area contributed by atoms with Gasteiger partial charge in [0.15, 0.2) is 0 Å². The van der Waals surface area contributed by atoms with Crippen molar-refractivity contribution in [2.45, 2.75) is 25.7 Å². The molecule has 1 fully saturated rings. The third-order valence-electron chi connectivity index (χ3n) is 4.19. The Kier molecular flexibility index (Phi) is 3.17. The first-order valence-electron chi connectivity index (χ1n) is 6.85. The van der Waals surface area contributed by atoms with Gasteiger partial charge in [-0.1, -0.05) is 23.8 Å². The maximum Gasteiger partial charge on any atom is 0.0108 e. The van der Waals surface area contributed by atoms with Crippen molar-refractivity contribution in [3.8, 4) is 0 Å². The molecule has 1 unspecified atom stereocenters. The number of rotatable bonds is 2. The van der Waals surface area contributed by atoms with E-state index in [4.69, 9.17) is 0 Å². The highest BCUT2D eigenvalue weighted by atomic mass is 15.2. The maximum atomic E-state index is 3.43. The molecule has 2 nitrogen and oxygen atoms in total. The van der Waals surface area contributed by atoms with E-state index in [1.54, 1.807) is 11.1 Å². The fourth-order valence-electron chi connectivity index (χ4n) is 3.20. The lowest BCUT2D eigenvalue weighted by molar-refractivity contribution is 0.226. The van der Waals surface area contributed by atoms with Gasteiger partial charge in [0.05, 0.1) is 0 Å². The quantitative estimate of drug-likeness (QED) is 0.835. The summed E-state index contributed by atoms with van der Waals surface area (Å²) in [6.45, 7) is 8.23. The second-order valence-electron chi connectivity index (χ2n) is 5.49. The Balaban J connectivity index is 1.72. The van der Waals surface area contributed by atoms with Gasteiger partial charge >= 0.3 is 0 Å². The van der Waals surface area contributed by atoms with Crippen LogP contribution in [0.3, 0.4) is 0 Å². The van der Waals surface area contributed by atoms with E-state index >= 15 is 0 Å². The zero-order chi connectivity index (χ0) is 11.7. The smallest absolute Gasteiger partial charge is 0.0108 e. The molecule has 2 heteroatoms. The number of hydrogen-bond donors (Lipinski definition) is 1. The average Bonchev–Trinajstić information content (AvgIpc) is 2.73. The minimum atomic E-state index is 0.781. The molecule has 0 amide bonds. The maximum absolute atomic E-state index is 3.43. The van der Waals surface area contributed by atoms with Crippen LogP contribution in [0.15, 0.2) is 18.2 Å². The summed E-state index contributed by atoms with van der Waals surface area (Å²) in [4.78, 5) is 2.62. The highest BCUT2D eigenvalue weighted by molar-refractivity contribution is 5.38. The zero-order valence-electron chi connectivity index (χ0n) is 10.7. The first kappa shape index (κ1) is 11.2. The topological polar surface area (TPSA) is 15.3 Å². The second kappa shape index (κ2) is 4.79. The van der Waals surface area contributed by atoms with E-state index in [1.165, 1.54) is 38.0 Å². The molecule has 0 saturated carbocycles. The standard InChI is InChI=1S/C15H22N2/c1-12-2-3-13-4-5-14(15(13)10-12)11-17-8-6-16-7-9-17/h2-3,10,14,16H,4-9,11H2,1H3. The zero-order valence-corrected chi connectivity index (χ0v) is 10.7. The van der Waals surface area contributed by atoms with E-state index < -0.39 is 0 Å². The lowest BCUT2D eigenvalue weighted by atomic mass is 9.98. The molecule has 1 N–H and O–H groups in total. The predicted octanol–water partition coefficient (Wildman–Crippen LogP) is 1.93. The molecule has 0 aromatic heterocycles. The van der Waals surface area contributed by atoms with Crippen LogP contribution < -0.4 is 5.32 Å². The SMILES string of the molecule is Cc1ccc2c(c1)C(CN1CCNCC1)CC2. The van der Waals surface area contributed by atoms with Gasteiger partial charge in [0.1, 0.15) is 0 Å². The van der Waals surface area contributed by atoms with Crippen LogP contribution in [0.4, 0.5) is 0 Å². The van der Waals surface area contributed by atoms with E-state index in [2.05, 4.69) is 35.3 Å². The average molecular weight is 230 g/mol. The molecule has 0 spiro atoms. The molecule has 1 heterocycles. The van der Waals surface area contributed by atoms with Crippen molar-refractivity contribution in [1.29, 1.82) is 0 Å². The third-order valence-corrected chi connectivity index (χ3v) is 4.19.